The maximum absolute atomic E-state index is 13.4. The summed E-state index contributed by atoms with van der Waals surface area (Å²) in [5.74, 6) is -0.396. The van der Waals surface area contributed by atoms with E-state index in [0.29, 0.717) is 18.4 Å². The maximum Gasteiger partial charge on any atom is 0.237 e. The first-order chi connectivity index (χ1) is 8.36. The monoisotopic (exact) mass is 249 g/mol. The van der Waals surface area contributed by atoms with Crippen molar-refractivity contribution < 1.29 is 14.0 Å². The van der Waals surface area contributed by atoms with Gasteiger partial charge in [-0.3, -0.25) is 4.79 Å². The molecule has 2 rings (SSSR count). The molecule has 3 nitrogen and oxygen atoms in total. The molecule has 1 aliphatic rings. The van der Waals surface area contributed by atoms with Crippen LogP contribution in [0.5, 0.6) is 0 Å². The lowest BCUT2D eigenvalue weighted by Gasteiger charge is -2.22. The lowest BCUT2D eigenvalue weighted by Crippen LogP contribution is -2.36. The molecule has 1 amide bonds. The zero-order chi connectivity index (χ0) is 13.5. The molecule has 0 aliphatic carbocycles. The molecule has 1 unspecified atom stereocenters. The zero-order valence-corrected chi connectivity index (χ0v) is 10.8. The van der Waals surface area contributed by atoms with E-state index in [1.807, 2.05) is 0 Å². The summed E-state index contributed by atoms with van der Waals surface area (Å²) >= 11 is 0. The molecule has 1 heterocycles. The summed E-state index contributed by atoms with van der Waals surface area (Å²) in [5, 5.41) is 0. The highest BCUT2D eigenvalue weighted by Gasteiger charge is 2.45. The fourth-order valence-corrected chi connectivity index (χ4v) is 2.51. The van der Waals surface area contributed by atoms with E-state index in [1.54, 1.807) is 20.0 Å². The molecule has 1 aliphatic heterocycles. The van der Waals surface area contributed by atoms with E-state index in [4.69, 9.17) is 0 Å². The van der Waals surface area contributed by atoms with Gasteiger partial charge in [0.15, 0.2) is 0 Å². The molecule has 0 N–H and O–H groups in total. The second kappa shape index (κ2) is 4.19. The van der Waals surface area contributed by atoms with Gasteiger partial charge >= 0.3 is 0 Å². The van der Waals surface area contributed by atoms with Crippen molar-refractivity contribution >= 4 is 17.4 Å². The number of carbonyl (C=O) groups is 2. The highest BCUT2D eigenvalue weighted by atomic mass is 19.1. The van der Waals surface area contributed by atoms with Crippen LogP contribution in [0.4, 0.5) is 10.1 Å². The number of likely N-dealkylation sites (N-methyl/N-ethyl adjacent to an activating group) is 1. The Balaban J connectivity index is 2.46. The number of benzene rings is 1. The molecule has 0 aromatic heterocycles. The smallest absolute Gasteiger partial charge is 0.237 e. The van der Waals surface area contributed by atoms with E-state index in [2.05, 4.69) is 0 Å². The van der Waals surface area contributed by atoms with Gasteiger partial charge in [-0.1, -0.05) is 0 Å². The fraction of sp³-hybridized carbons (Fsp3) is 0.429. The number of Topliss-reactive ketones (excluding diaryl/α,β-unsaturated/α-hetero) is 1. The molecule has 0 bridgehead atoms. The first-order valence-corrected chi connectivity index (χ1v) is 5.94. The van der Waals surface area contributed by atoms with Gasteiger partial charge in [0, 0.05) is 19.2 Å². The van der Waals surface area contributed by atoms with Crippen molar-refractivity contribution in [3.05, 3.63) is 29.6 Å². The molecule has 0 radical (unpaired) electrons. The van der Waals surface area contributed by atoms with Crippen LogP contribution in [-0.2, 0) is 15.0 Å². The van der Waals surface area contributed by atoms with Crippen LogP contribution < -0.4 is 4.90 Å². The standard InChI is InChI=1S/C14H16FNO2/c1-9(17)6-7-14(2)11-8-10(15)4-5-12(11)16(3)13(14)18/h4-5,8H,6-7H2,1-3H3. The molecular weight excluding hydrogens is 233 g/mol. The van der Waals surface area contributed by atoms with Crippen molar-refractivity contribution in [1.82, 2.24) is 0 Å². The van der Waals surface area contributed by atoms with Gasteiger partial charge in [-0.15, -0.1) is 0 Å². The molecule has 0 spiro atoms. The molecule has 0 fully saturated rings. The topological polar surface area (TPSA) is 37.4 Å². The van der Waals surface area contributed by atoms with Crippen LogP contribution in [0.25, 0.3) is 0 Å². The number of halogens is 1. The second-order valence-electron chi connectivity index (χ2n) is 5.06. The first-order valence-electron chi connectivity index (χ1n) is 5.94. The van der Waals surface area contributed by atoms with Crippen LogP contribution >= 0.6 is 0 Å². The number of rotatable bonds is 3. The number of hydrogen-bond acceptors (Lipinski definition) is 2. The van der Waals surface area contributed by atoms with E-state index in [0.717, 1.165) is 5.69 Å². The quantitative estimate of drug-likeness (QED) is 0.825. The molecule has 0 saturated heterocycles. The maximum atomic E-state index is 13.4. The van der Waals surface area contributed by atoms with Crippen molar-refractivity contribution in [3.63, 3.8) is 0 Å². The Labute approximate surface area is 106 Å². The third-order valence-electron chi connectivity index (χ3n) is 3.67. The van der Waals surface area contributed by atoms with Gasteiger partial charge in [0.25, 0.3) is 0 Å². The van der Waals surface area contributed by atoms with Crippen LogP contribution in [0.15, 0.2) is 18.2 Å². The second-order valence-corrected chi connectivity index (χ2v) is 5.06. The van der Waals surface area contributed by atoms with Crippen molar-refractivity contribution in [2.24, 2.45) is 0 Å². The number of ketones is 1. The number of anilines is 1. The average molecular weight is 249 g/mol. The van der Waals surface area contributed by atoms with Gasteiger partial charge in [-0.2, -0.15) is 0 Å². The molecular formula is C14H16FNO2. The minimum Gasteiger partial charge on any atom is -0.314 e. The van der Waals surface area contributed by atoms with E-state index in [1.165, 1.54) is 24.0 Å². The SMILES string of the molecule is CC(=O)CCC1(C)C(=O)N(C)c2ccc(F)cc21. The van der Waals surface area contributed by atoms with Gasteiger partial charge in [0.2, 0.25) is 5.91 Å². The summed E-state index contributed by atoms with van der Waals surface area (Å²) in [5.41, 5.74) is 0.612. The van der Waals surface area contributed by atoms with Crippen molar-refractivity contribution in [2.75, 3.05) is 11.9 Å². The third kappa shape index (κ3) is 1.82. The number of nitrogens with zero attached hydrogens (tertiary/aromatic N) is 1. The molecule has 1 atom stereocenters. The summed E-state index contributed by atoms with van der Waals surface area (Å²) in [6.45, 7) is 3.28. The van der Waals surface area contributed by atoms with Crippen LogP contribution in [0.2, 0.25) is 0 Å². The van der Waals surface area contributed by atoms with Crippen LogP contribution in [-0.4, -0.2) is 18.7 Å². The lowest BCUT2D eigenvalue weighted by molar-refractivity contribution is -0.123. The molecule has 4 heteroatoms. The highest BCUT2D eigenvalue weighted by molar-refractivity contribution is 6.07. The average Bonchev–Trinajstić information content (AvgIpc) is 2.50. The minimum absolute atomic E-state index is 0.0385. The summed E-state index contributed by atoms with van der Waals surface area (Å²) in [6.07, 6.45) is 0.744. The molecule has 0 saturated carbocycles. The Morgan fingerprint density at radius 1 is 1.44 bits per heavy atom. The largest absolute Gasteiger partial charge is 0.314 e. The van der Waals surface area contributed by atoms with Gasteiger partial charge in [0.05, 0.1) is 5.41 Å². The van der Waals surface area contributed by atoms with Gasteiger partial charge in [-0.25, -0.2) is 4.39 Å². The Bertz CT molecular complexity index is 527. The predicted molar refractivity (Wildman–Crippen MR) is 67.1 cm³/mol. The highest BCUT2D eigenvalue weighted by Crippen LogP contribution is 2.43. The van der Waals surface area contributed by atoms with E-state index in [-0.39, 0.29) is 17.5 Å². The Morgan fingerprint density at radius 2 is 2.11 bits per heavy atom. The molecule has 1 aromatic rings. The van der Waals surface area contributed by atoms with Crippen LogP contribution in [0, 0.1) is 5.82 Å². The number of carbonyl (C=O) groups excluding carboxylic acids is 2. The lowest BCUT2D eigenvalue weighted by atomic mass is 9.79. The third-order valence-corrected chi connectivity index (χ3v) is 3.67. The van der Waals surface area contributed by atoms with Gasteiger partial charge in [0.1, 0.15) is 11.6 Å². The summed E-state index contributed by atoms with van der Waals surface area (Å²) in [6, 6.07) is 4.36. The van der Waals surface area contributed by atoms with Crippen molar-refractivity contribution in [2.45, 2.75) is 32.1 Å². The number of hydrogen-bond donors (Lipinski definition) is 0. The Kier molecular flexibility index (Phi) is 2.97. The summed E-state index contributed by atoms with van der Waals surface area (Å²) in [7, 11) is 1.68. The van der Waals surface area contributed by atoms with E-state index < -0.39 is 5.41 Å². The Morgan fingerprint density at radius 3 is 2.72 bits per heavy atom. The fourth-order valence-electron chi connectivity index (χ4n) is 2.51. The van der Waals surface area contributed by atoms with Crippen LogP contribution in [0.3, 0.4) is 0 Å². The van der Waals surface area contributed by atoms with Crippen molar-refractivity contribution in [3.8, 4) is 0 Å². The summed E-state index contributed by atoms with van der Waals surface area (Å²) < 4.78 is 13.4. The van der Waals surface area contributed by atoms with Gasteiger partial charge in [-0.05, 0) is 44.0 Å². The van der Waals surface area contributed by atoms with Crippen LogP contribution in [0.1, 0.15) is 32.3 Å². The van der Waals surface area contributed by atoms with E-state index >= 15 is 0 Å². The predicted octanol–water partition coefficient (Wildman–Crippen LogP) is 2.43. The minimum atomic E-state index is -0.794. The molecule has 96 valence electrons. The first kappa shape index (κ1) is 12.7. The number of amides is 1. The Hall–Kier alpha value is -1.71. The van der Waals surface area contributed by atoms with Gasteiger partial charge < -0.3 is 9.69 Å². The summed E-state index contributed by atoms with van der Waals surface area (Å²) in [4.78, 5) is 24.9. The molecule has 18 heavy (non-hydrogen) atoms. The molecule has 1 aromatic carbocycles. The normalized spacial score (nSPS) is 22.2. The van der Waals surface area contributed by atoms with E-state index in [9.17, 15) is 14.0 Å². The number of fused-ring (bicyclic) bond motifs is 1. The zero-order valence-electron chi connectivity index (χ0n) is 10.8. The van der Waals surface area contributed by atoms with Crippen molar-refractivity contribution in [1.29, 1.82) is 0 Å².